The molecule has 1 fully saturated rings. The van der Waals surface area contributed by atoms with Gasteiger partial charge in [0.05, 0.1) is 12.7 Å². The molecule has 7 heteroatoms. The number of carboxylic acids is 1. The lowest BCUT2D eigenvalue weighted by Gasteiger charge is -2.41. The highest BCUT2D eigenvalue weighted by Gasteiger charge is 2.39. The topological polar surface area (TPSA) is 104 Å². The number of aliphatic carboxylic acids is 1. The van der Waals surface area contributed by atoms with Gasteiger partial charge in [0.1, 0.15) is 11.8 Å². The van der Waals surface area contributed by atoms with E-state index in [0.717, 1.165) is 19.3 Å². The third kappa shape index (κ3) is 1.77. The Morgan fingerprint density at radius 3 is 2.94 bits per heavy atom. The Morgan fingerprint density at radius 2 is 2.28 bits per heavy atom. The van der Waals surface area contributed by atoms with E-state index in [4.69, 9.17) is 5.11 Å². The molecule has 1 saturated carbocycles. The summed E-state index contributed by atoms with van der Waals surface area (Å²) in [4.78, 5) is 26.1. The quantitative estimate of drug-likeness (QED) is 0.749. The number of carbonyl (C=O) groups is 1. The monoisotopic (exact) mass is 247 g/mol. The van der Waals surface area contributed by atoms with Gasteiger partial charge in [0.2, 0.25) is 0 Å². The van der Waals surface area contributed by atoms with Crippen molar-refractivity contribution >= 4 is 23.0 Å². The summed E-state index contributed by atoms with van der Waals surface area (Å²) >= 11 is 0. The second-order valence-electron chi connectivity index (χ2n) is 4.65. The molecule has 2 aromatic heterocycles. The van der Waals surface area contributed by atoms with Gasteiger partial charge in [-0.1, -0.05) is 0 Å². The normalized spacial score (nSPS) is 17.3. The Kier molecular flexibility index (Phi) is 2.39. The standard InChI is InChI=1S/C11H13N5O2/c17-7(18)4-11(2-1-3-11)16-10-8-9(13-5-12-8)14-6-15-10/h5-6H,1-4H2,(H,17,18)(H2,12,13,14,15,16). The molecule has 94 valence electrons. The van der Waals surface area contributed by atoms with Gasteiger partial charge in [-0.3, -0.25) is 4.79 Å². The first-order chi connectivity index (χ1) is 8.69. The van der Waals surface area contributed by atoms with Gasteiger partial charge in [0.25, 0.3) is 0 Å². The molecule has 2 aromatic rings. The zero-order chi connectivity index (χ0) is 12.6. The zero-order valence-corrected chi connectivity index (χ0v) is 9.68. The largest absolute Gasteiger partial charge is 0.481 e. The molecule has 0 atom stereocenters. The van der Waals surface area contributed by atoms with Gasteiger partial charge < -0.3 is 15.4 Å². The lowest BCUT2D eigenvalue weighted by Crippen LogP contribution is -2.47. The Morgan fingerprint density at radius 1 is 1.44 bits per heavy atom. The molecule has 0 spiro atoms. The fourth-order valence-electron chi connectivity index (χ4n) is 2.35. The third-order valence-electron chi connectivity index (χ3n) is 3.41. The Balaban J connectivity index is 1.91. The predicted octanol–water partition coefficient (Wildman–Crippen LogP) is 1.16. The van der Waals surface area contributed by atoms with Crippen molar-refractivity contribution in [1.29, 1.82) is 0 Å². The van der Waals surface area contributed by atoms with Crippen molar-refractivity contribution in [2.24, 2.45) is 0 Å². The van der Waals surface area contributed by atoms with E-state index in [1.165, 1.54) is 6.33 Å². The summed E-state index contributed by atoms with van der Waals surface area (Å²) in [5.41, 5.74) is 0.921. The molecular formula is C11H13N5O2. The molecule has 0 saturated heterocycles. The van der Waals surface area contributed by atoms with Crippen LogP contribution in [0.1, 0.15) is 25.7 Å². The molecule has 0 amide bonds. The Labute approximate surface area is 103 Å². The Hall–Kier alpha value is -2.18. The smallest absolute Gasteiger partial charge is 0.305 e. The molecule has 0 aliphatic heterocycles. The second-order valence-corrected chi connectivity index (χ2v) is 4.65. The van der Waals surface area contributed by atoms with E-state index in [9.17, 15) is 4.79 Å². The number of rotatable bonds is 4. The maximum atomic E-state index is 10.9. The van der Waals surface area contributed by atoms with E-state index in [0.29, 0.717) is 17.0 Å². The Bertz CT molecular complexity index is 590. The van der Waals surface area contributed by atoms with Gasteiger partial charge >= 0.3 is 5.97 Å². The summed E-state index contributed by atoms with van der Waals surface area (Å²) in [6, 6.07) is 0. The van der Waals surface area contributed by atoms with Crippen LogP contribution in [0.15, 0.2) is 12.7 Å². The second kappa shape index (κ2) is 3.94. The highest BCUT2D eigenvalue weighted by molar-refractivity contribution is 5.83. The number of aromatic amines is 1. The number of fused-ring (bicyclic) bond motifs is 1. The summed E-state index contributed by atoms with van der Waals surface area (Å²) in [7, 11) is 0. The first-order valence-electron chi connectivity index (χ1n) is 5.83. The number of aromatic nitrogens is 4. The number of carboxylic acid groups (broad SMARTS) is 1. The number of H-pyrrole nitrogens is 1. The van der Waals surface area contributed by atoms with Crippen LogP contribution in [0.4, 0.5) is 5.82 Å². The SMILES string of the molecule is O=C(O)CC1(Nc2ncnc3nc[nH]c23)CCC1. The molecule has 1 aliphatic rings. The molecule has 0 unspecified atom stereocenters. The van der Waals surface area contributed by atoms with E-state index in [1.807, 2.05) is 0 Å². The van der Waals surface area contributed by atoms with Crippen molar-refractivity contribution in [3.63, 3.8) is 0 Å². The summed E-state index contributed by atoms with van der Waals surface area (Å²) in [6.07, 6.45) is 5.82. The average Bonchev–Trinajstić information content (AvgIpc) is 2.74. The van der Waals surface area contributed by atoms with Crippen LogP contribution < -0.4 is 5.32 Å². The predicted molar refractivity (Wildman–Crippen MR) is 64.1 cm³/mol. The molecule has 2 heterocycles. The van der Waals surface area contributed by atoms with Crippen LogP contribution in [-0.2, 0) is 4.79 Å². The van der Waals surface area contributed by atoms with E-state index in [2.05, 4.69) is 25.3 Å². The van der Waals surface area contributed by atoms with Crippen LogP contribution in [0.25, 0.3) is 11.2 Å². The summed E-state index contributed by atoms with van der Waals surface area (Å²) < 4.78 is 0. The van der Waals surface area contributed by atoms with E-state index in [1.54, 1.807) is 6.33 Å². The van der Waals surface area contributed by atoms with Crippen LogP contribution in [0.2, 0.25) is 0 Å². The molecule has 18 heavy (non-hydrogen) atoms. The minimum atomic E-state index is -0.794. The molecule has 0 radical (unpaired) electrons. The summed E-state index contributed by atoms with van der Waals surface area (Å²) in [5.74, 6) is -0.171. The van der Waals surface area contributed by atoms with Crippen molar-refractivity contribution in [3.05, 3.63) is 12.7 Å². The fourth-order valence-corrected chi connectivity index (χ4v) is 2.35. The summed E-state index contributed by atoms with van der Waals surface area (Å²) in [5, 5.41) is 12.2. The van der Waals surface area contributed by atoms with Crippen molar-refractivity contribution in [2.45, 2.75) is 31.2 Å². The molecular weight excluding hydrogens is 234 g/mol. The van der Waals surface area contributed by atoms with E-state index < -0.39 is 5.97 Å². The van der Waals surface area contributed by atoms with Gasteiger partial charge in [-0.2, -0.15) is 0 Å². The number of nitrogens with one attached hydrogen (secondary N) is 2. The van der Waals surface area contributed by atoms with E-state index in [-0.39, 0.29) is 12.0 Å². The maximum Gasteiger partial charge on any atom is 0.305 e. The zero-order valence-electron chi connectivity index (χ0n) is 9.68. The first-order valence-corrected chi connectivity index (χ1v) is 5.83. The van der Waals surface area contributed by atoms with Gasteiger partial charge in [-0.05, 0) is 19.3 Å². The lowest BCUT2D eigenvalue weighted by molar-refractivity contribution is -0.138. The minimum absolute atomic E-state index is 0.104. The van der Waals surface area contributed by atoms with Crippen LogP contribution in [-0.4, -0.2) is 36.6 Å². The van der Waals surface area contributed by atoms with Crippen LogP contribution in [0, 0.1) is 0 Å². The van der Waals surface area contributed by atoms with Crippen molar-refractivity contribution in [2.75, 3.05) is 5.32 Å². The average molecular weight is 247 g/mol. The van der Waals surface area contributed by atoms with Gasteiger partial charge in [-0.25, -0.2) is 15.0 Å². The van der Waals surface area contributed by atoms with Crippen LogP contribution in [0.5, 0.6) is 0 Å². The number of hydrogen-bond donors (Lipinski definition) is 3. The van der Waals surface area contributed by atoms with Crippen LogP contribution in [0.3, 0.4) is 0 Å². The van der Waals surface area contributed by atoms with Crippen molar-refractivity contribution < 1.29 is 9.90 Å². The lowest BCUT2D eigenvalue weighted by atomic mass is 9.74. The van der Waals surface area contributed by atoms with E-state index >= 15 is 0 Å². The maximum absolute atomic E-state index is 10.9. The van der Waals surface area contributed by atoms with Gasteiger partial charge in [0.15, 0.2) is 11.5 Å². The minimum Gasteiger partial charge on any atom is -0.481 e. The van der Waals surface area contributed by atoms with Crippen molar-refractivity contribution in [1.82, 2.24) is 19.9 Å². The number of hydrogen-bond acceptors (Lipinski definition) is 5. The third-order valence-corrected chi connectivity index (χ3v) is 3.41. The van der Waals surface area contributed by atoms with Crippen LogP contribution >= 0.6 is 0 Å². The molecule has 0 aromatic carbocycles. The molecule has 1 aliphatic carbocycles. The summed E-state index contributed by atoms with van der Waals surface area (Å²) in [6.45, 7) is 0. The number of nitrogens with zero attached hydrogens (tertiary/aromatic N) is 3. The first kappa shape index (κ1) is 10.9. The highest BCUT2D eigenvalue weighted by Crippen LogP contribution is 2.38. The fraction of sp³-hybridized carbons (Fsp3) is 0.455. The van der Waals surface area contributed by atoms with Crippen molar-refractivity contribution in [3.8, 4) is 0 Å². The van der Waals surface area contributed by atoms with Gasteiger partial charge in [0, 0.05) is 5.54 Å². The molecule has 0 bridgehead atoms. The van der Waals surface area contributed by atoms with Gasteiger partial charge in [-0.15, -0.1) is 0 Å². The molecule has 3 N–H and O–H groups in total. The molecule has 3 rings (SSSR count). The highest BCUT2D eigenvalue weighted by atomic mass is 16.4. The molecule has 7 nitrogen and oxygen atoms in total. The number of anilines is 1. The number of imidazole rings is 1.